The molecule has 2 aromatic rings. The van der Waals surface area contributed by atoms with Gasteiger partial charge >= 0.3 is 0 Å². The summed E-state index contributed by atoms with van der Waals surface area (Å²) in [5.41, 5.74) is 0.310. The Labute approximate surface area is 107 Å². The monoisotopic (exact) mass is 271 g/mol. The molecule has 0 amide bonds. The Morgan fingerprint density at radius 3 is 2.53 bits per heavy atom. The lowest BCUT2D eigenvalue weighted by molar-refractivity contribution is 0.0939. The second kappa shape index (κ2) is 4.68. The van der Waals surface area contributed by atoms with Gasteiger partial charge in [-0.3, -0.25) is 9.36 Å². The number of nitrogens with one attached hydrogen (secondary N) is 1. The van der Waals surface area contributed by atoms with Crippen molar-refractivity contribution in [3.05, 3.63) is 29.0 Å². The van der Waals surface area contributed by atoms with Gasteiger partial charge in [-0.25, -0.2) is 15.0 Å². The number of halogens is 2. The summed E-state index contributed by atoms with van der Waals surface area (Å²) in [5, 5.41) is 3.12. The van der Waals surface area contributed by atoms with Gasteiger partial charge in [0.15, 0.2) is 10.3 Å². The molecule has 6 nitrogen and oxygen atoms in total. The Hall–Kier alpha value is -1.66. The predicted molar refractivity (Wildman–Crippen MR) is 63.9 cm³/mol. The molecule has 8 heteroatoms. The number of anilines is 2. The summed E-state index contributed by atoms with van der Waals surface area (Å²) in [7, 11) is 0. The molecule has 88 valence electrons. The number of imidazole rings is 1. The Balaban J connectivity index is 2.38. The van der Waals surface area contributed by atoms with Crippen LogP contribution in [-0.2, 0) is 0 Å². The summed E-state index contributed by atoms with van der Waals surface area (Å²) in [6.07, 6.45) is 4.25. The van der Waals surface area contributed by atoms with Crippen LogP contribution in [0, 0.1) is 0 Å². The lowest BCUT2D eigenvalue weighted by atomic mass is 10.5. The molecule has 0 spiro atoms. The zero-order chi connectivity index (χ0) is 12.4. The summed E-state index contributed by atoms with van der Waals surface area (Å²) in [6, 6.07) is 0. The minimum atomic E-state index is -0.186. The van der Waals surface area contributed by atoms with Crippen LogP contribution < -0.4 is 5.32 Å². The van der Waals surface area contributed by atoms with E-state index in [-0.39, 0.29) is 16.2 Å². The van der Waals surface area contributed by atoms with Crippen LogP contribution in [0.2, 0.25) is 10.3 Å². The molecule has 0 aliphatic carbocycles. The summed E-state index contributed by atoms with van der Waals surface area (Å²) in [6.45, 7) is 1.41. The standard InChI is InChI=1S/C9H7Cl2N5O/c1-5(17)16-3-2-12-9(16)15-6-7(10)13-4-14-8(6)11/h2-4H,1H3,(H,12,15). The number of rotatable bonds is 2. The highest BCUT2D eigenvalue weighted by molar-refractivity contribution is 6.37. The van der Waals surface area contributed by atoms with Gasteiger partial charge in [-0.2, -0.15) is 0 Å². The molecule has 0 aliphatic rings. The van der Waals surface area contributed by atoms with E-state index in [2.05, 4.69) is 20.3 Å². The highest BCUT2D eigenvalue weighted by Crippen LogP contribution is 2.28. The van der Waals surface area contributed by atoms with Gasteiger partial charge in [0.1, 0.15) is 12.0 Å². The molecule has 0 aliphatic heterocycles. The van der Waals surface area contributed by atoms with Crippen molar-refractivity contribution in [2.45, 2.75) is 6.92 Å². The van der Waals surface area contributed by atoms with Crippen LogP contribution in [0.25, 0.3) is 0 Å². The summed E-state index contributed by atoms with van der Waals surface area (Å²) >= 11 is 11.7. The average Bonchev–Trinajstić information content (AvgIpc) is 2.72. The molecule has 1 N–H and O–H groups in total. The fourth-order valence-corrected chi connectivity index (χ4v) is 1.62. The average molecular weight is 272 g/mol. The molecule has 2 heterocycles. The van der Waals surface area contributed by atoms with Crippen molar-refractivity contribution >= 4 is 40.7 Å². The Morgan fingerprint density at radius 2 is 1.94 bits per heavy atom. The van der Waals surface area contributed by atoms with E-state index in [1.807, 2.05) is 0 Å². The molecule has 0 unspecified atom stereocenters. The maximum Gasteiger partial charge on any atom is 0.230 e. The normalized spacial score (nSPS) is 10.3. The molecule has 2 rings (SSSR count). The molecule has 0 bridgehead atoms. The zero-order valence-electron chi connectivity index (χ0n) is 8.69. The number of hydrogen-bond acceptors (Lipinski definition) is 5. The molecule has 0 saturated heterocycles. The molecule has 0 atom stereocenters. The van der Waals surface area contributed by atoms with Crippen LogP contribution in [0.5, 0.6) is 0 Å². The molecule has 17 heavy (non-hydrogen) atoms. The summed E-state index contributed by atoms with van der Waals surface area (Å²) in [5.74, 6) is 0.116. The van der Waals surface area contributed by atoms with Crippen molar-refractivity contribution in [2.75, 3.05) is 5.32 Å². The van der Waals surface area contributed by atoms with Gasteiger partial charge in [-0.15, -0.1) is 0 Å². The van der Waals surface area contributed by atoms with Crippen LogP contribution in [0.4, 0.5) is 11.6 Å². The van der Waals surface area contributed by atoms with Crippen LogP contribution in [0.15, 0.2) is 18.7 Å². The maximum absolute atomic E-state index is 11.3. The van der Waals surface area contributed by atoms with Crippen molar-refractivity contribution in [1.29, 1.82) is 0 Å². The van der Waals surface area contributed by atoms with Gasteiger partial charge in [-0.1, -0.05) is 23.2 Å². The summed E-state index contributed by atoms with van der Waals surface area (Å²) < 4.78 is 1.32. The highest BCUT2D eigenvalue weighted by atomic mass is 35.5. The van der Waals surface area contributed by atoms with Crippen LogP contribution in [0.1, 0.15) is 11.7 Å². The zero-order valence-corrected chi connectivity index (χ0v) is 10.2. The third-order valence-electron chi connectivity index (χ3n) is 1.97. The molecular weight excluding hydrogens is 265 g/mol. The Bertz CT molecular complexity index is 548. The van der Waals surface area contributed by atoms with Crippen molar-refractivity contribution in [2.24, 2.45) is 0 Å². The van der Waals surface area contributed by atoms with Gasteiger partial charge in [-0.05, 0) is 0 Å². The lowest BCUT2D eigenvalue weighted by Crippen LogP contribution is -2.09. The van der Waals surface area contributed by atoms with Crippen molar-refractivity contribution in [3.8, 4) is 0 Å². The predicted octanol–water partition coefficient (Wildman–Crippen LogP) is 2.38. The van der Waals surface area contributed by atoms with Gasteiger partial charge in [0.05, 0.1) is 0 Å². The van der Waals surface area contributed by atoms with E-state index in [1.54, 1.807) is 0 Å². The number of carbonyl (C=O) groups excluding carboxylic acids is 1. The van der Waals surface area contributed by atoms with E-state index in [0.29, 0.717) is 11.6 Å². The van der Waals surface area contributed by atoms with Crippen molar-refractivity contribution < 1.29 is 4.79 Å². The number of nitrogens with zero attached hydrogens (tertiary/aromatic N) is 4. The van der Waals surface area contributed by atoms with Gasteiger partial charge in [0.2, 0.25) is 11.9 Å². The minimum Gasteiger partial charge on any atom is -0.320 e. The molecule has 0 fully saturated rings. The lowest BCUT2D eigenvalue weighted by Gasteiger charge is -2.08. The Kier molecular flexibility index (Phi) is 3.26. The molecule has 0 aromatic carbocycles. The minimum absolute atomic E-state index is 0.156. The smallest absolute Gasteiger partial charge is 0.230 e. The second-order valence-corrected chi connectivity index (χ2v) is 3.81. The largest absolute Gasteiger partial charge is 0.320 e. The van der Waals surface area contributed by atoms with Crippen molar-refractivity contribution in [3.63, 3.8) is 0 Å². The van der Waals surface area contributed by atoms with Crippen LogP contribution in [-0.4, -0.2) is 25.4 Å². The molecule has 0 saturated carbocycles. The molecule has 2 aromatic heterocycles. The van der Waals surface area contributed by atoms with Gasteiger partial charge in [0.25, 0.3) is 0 Å². The first kappa shape index (κ1) is 11.8. The number of hydrogen-bond donors (Lipinski definition) is 1. The van der Waals surface area contributed by atoms with E-state index in [0.717, 1.165) is 0 Å². The highest BCUT2D eigenvalue weighted by Gasteiger charge is 2.12. The third-order valence-corrected chi connectivity index (χ3v) is 2.54. The van der Waals surface area contributed by atoms with Gasteiger partial charge < -0.3 is 5.32 Å². The van der Waals surface area contributed by atoms with E-state index >= 15 is 0 Å². The van der Waals surface area contributed by atoms with E-state index in [4.69, 9.17) is 23.2 Å². The molecular formula is C9H7Cl2N5O. The quantitative estimate of drug-likeness (QED) is 0.850. The SMILES string of the molecule is CC(=O)n1ccnc1Nc1c(Cl)ncnc1Cl. The van der Waals surface area contributed by atoms with Crippen LogP contribution >= 0.6 is 23.2 Å². The van der Waals surface area contributed by atoms with E-state index in [9.17, 15) is 4.79 Å². The second-order valence-electron chi connectivity index (χ2n) is 3.10. The maximum atomic E-state index is 11.3. The van der Waals surface area contributed by atoms with Crippen molar-refractivity contribution in [1.82, 2.24) is 19.5 Å². The fraction of sp³-hybridized carbons (Fsp3) is 0.111. The first-order valence-corrected chi connectivity index (χ1v) is 5.32. The number of aromatic nitrogens is 4. The molecule has 0 radical (unpaired) electrons. The topological polar surface area (TPSA) is 72.7 Å². The van der Waals surface area contributed by atoms with E-state index < -0.39 is 0 Å². The Morgan fingerprint density at radius 1 is 1.29 bits per heavy atom. The number of carbonyl (C=O) groups is 1. The van der Waals surface area contributed by atoms with Gasteiger partial charge in [0, 0.05) is 19.3 Å². The first-order valence-electron chi connectivity index (χ1n) is 4.57. The fourth-order valence-electron chi connectivity index (χ4n) is 1.21. The third kappa shape index (κ3) is 2.37. The first-order chi connectivity index (χ1) is 8.09. The van der Waals surface area contributed by atoms with E-state index in [1.165, 1.54) is 30.2 Å². The summed E-state index contributed by atoms with van der Waals surface area (Å²) in [4.78, 5) is 22.8. The van der Waals surface area contributed by atoms with Crippen LogP contribution in [0.3, 0.4) is 0 Å².